The maximum absolute atomic E-state index is 5.59. The van der Waals surface area contributed by atoms with E-state index in [1.54, 1.807) is 0 Å². The molecule has 0 radical (unpaired) electrons. The average Bonchev–Trinajstić information content (AvgIpc) is 2.67. The zero-order valence-electron chi connectivity index (χ0n) is 7.93. The van der Waals surface area contributed by atoms with Gasteiger partial charge in [0.2, 0.25) is 0 Å². The first-order chi connectivity index (χ1) is 6.90. The zero-order chi connectivity index (χ0) is 9.80. The molecule has 0 fully saturated rings. The molecule has 0 spiro atoms. The van der Waals surface area contributed by atoms with Gasteiger partial charge in [-0.15, -0.1) is 0 Å². The molecular weight excluding hydrogens is 174 g/mol. The summed E-state index contributed by atoms with van der Waals surface area (Å²) in [5.41, 5.74) is 7.92. The van der Waals surface area contributed by atoms with E-state index >= 15 is 0 Å². The summed E-state index contributed by atoms with van der Waals surface area (Å²) in [5.74, 6) is 0. The number of hydrogen-bond donors (Lipinski definition) is 1. The number of benzene rings is 1. The van der Waals surface area contributed by atoms with Crippen LogP contribution in [0.1, 0.15) is 12.7 Å². The third kappa shape index (κ3) is 1.83. The summed E-state index contributed by atoms with van der Waals surface area (Å²) in [6, 6.07) is 10.3. The molecule has 3 nitrogen and oxygen atoms in total. The van der Waals surface area contributed by atoms with Crippen LogP contribution in [0.4, 0.5) is 0 Å². The van der Waals surface area contributed by atoms with Gasteiger partial charge in [0.15, 0.2) is 0 Å². The molecule has 0 aliphatic heterocycles. The van der Waals surface area contributed by atoms with E-state index in [-0.39, 0.29) is 1.43 Å². The Kier molecular flexibility index (Phi) is 2.60. The van der Waals surface area contributed by atoms with Crippen LogP contribution in [0.25, 0.3) is 0 Å². The van der Waals surface area contributed by atoms with Crippen LogP contribution in [0.3, 0.4) is 0 Å². The highest BCUT2D eigenvalue weighted by molar-refractivity contribution is 5.16. The lowest BCUT2D eigenvalue weighted by Gasteiger charge is -2.05. The fourth-order valence-corrected chi connectivity index (χ4v) is 1.44. The van der Waals surface area contributed by atoms with Crippen molar-refractivity contribution >= 4 is 0 Å². The predicted molar refractivity (Wildman–Crippen MR) is 57.8 cm³/mol. The second kappa shape index (κ2) is 4.07. The van der Waals surface area contributed by atoms with Crippen molar-refractivity contribution in [1.82, 2.24) is 9.55 Å². The van der Waals surface area contributed by atoms with Crippen LogP contribution in [-0.4, -0.2) is 9.55 Å². The van der Waals surface area contributed by atoms with Gasteiger partial charge in [0.05, 0.1) is 12.0 Å². The summed E-state index contributed by atoms with van der Waals surface area (Å²) in [4.78, 5) is 4.07. The summed E-state index contributed by atoms with van der Waals surface area (Å²) in [6.45, 7) is 1.38. The van der Waals surface area contributed by atoms with Crippen molar-refractivity contribution in [2.24, 2.45) is 5.73 Å². The van der Waals surface area contributed by atoms with Crippen LogP contribution in [0.2, 0.25) is 0 Å². The van der Waals surface area contributed by atoms with Gasteiger partial charge >= 0.3 is 0 Å². The normalized spacial score (nSPS) is 10.4. The van der Waals surface area contributed by atoms with Crippen molar-refractivity contribution in [3.05, 3.63) is 54.1 Å². The predicted octanol–water partition coefficient (Wildman–Crippen LogP) is 1.64. The molecule has 0 aliphatic carbocycles. The molecule has 2 N–H and O–H groups in total. The van der Waals surface area contributed by atoms with Crippen LogP contribution in [-0.2, 0) is 13.1 Å². The van der Waals surface area contributed by atoms with E-state index in [9.17, 15) is 0 Å². The summed E-state index contributed by atoms with van der Waals surface area (Å²) in [5, 5.41) is 0. The second-order valence-electron chi connectivity index (χ2n) is 3.20. The molecule has 1 heterocycles. The molecule has 2 aromatic rings. The summed E-state index contributed by atoms with van der Waals surface area (Å²) < 4.78 is 2.06. The molecule has 0 saturated heterocycles. The number of imidazole rings is 1. The van der Waals surface area contributed by atoms with Gasteiger partial charge in [0.1, 0.15) is 0 Å². The molecule has 3 heteroatoms. The van der Waals surface area contributed by atoms with Crippen molar-refractivity contribution in [3.63, 3.8) is 0 Å². The van der Waals surface area contributed by atoms with Crippen LogP contribution in [0.15, 0.2) is 42.9 Å². The van der Waals surface area contributed by atoms with Gasteiger partial charge in [0, 0.05) is 20.7 Å². The van der Waals surface area contributed by atoms with Crippen LogP contribution in [0, 0.1) is 0 Å². The van der Waals surface area contributed by atoms with E-state index in [2.05, 4.69) is 21.7 Å². The lowest BCUT2D eigenvalue weighted by molar-refractivity contribution is 0.740. The summed E-state index contributed by atoms with van der Waals surface area (Å²) in [6.07, 6.45) is 3.62. The Bertz CT molecular complexity index is 397. The Hall–Kier alpha value is -1.61. The first-order valence-corrected chi connectivity index (χ1v) is 4.63. The van der Waals surface area contributed by atoms with Gasteiger partial charge in [-0.3, -0.25) is 0 Å². The van der Waals surface area contributed by atoms with Crippen LogP contribution in [0.5, 0.6) is 0 Å². The fraction of sp³-hybridized carbons (Fsp3) is 0.182. The smallest absolute Gasteiger partial charge is 0.0951 e. The standard InChI is InChI=1S/C11H13N3.H2/c12-6-11-7-13-9-14(11)8-10-4-2-1-3-5-10;/h1-5,7,9H,6,8,12H2;1H. The Labute approximate surface area is 84.7 Å². The van der Waals surface area contributed by atoms with Crippen molar-refractivity contribution < 1.29 is 1.43 Å². The molecule has 1 aromatic carbocycles. The van der Waals surface area contributed by atoms with Gasteiger partial charge in [-0.1, -0.05) is 30.3 Å². The lowest BCUT2D eigenvalue weighted by atomic mass is 10.2. The topological polar surface area (TPSA) is 43.8 Å². The third-order valence-corrected chi connectivity index (χ3v) is 2.20. The monoisotopic (exact) mass is 189 g/mol. The third-order valence-electron chi connectivity index (χ3n) is 2.20. The van der Waals surface area contributed by atoms with Gasteiger partial charge in [-0.25, -0.2) is 4.98 Å². The molecule has 0 amide bonds. The van der Waals surface area contributed by atoms with E-state index in [1.165, 1.54) is 5.56 Å². The van der Waals surface area contributed by atoms with E-state index in [0.29, 0.717) is 6.54 Å². The molecule has 0 atom stereocenters. The molecule has 0 aliphatic rings. The van der Waals surface area contributed by atoms with Gasteiger partial charge < -0.3 is 10.3 Å². The van der Waals surface area contributed by atoms with Gasteiger partial charge in [0.25, 0.3) is 0 Å². The maximum atomic E-state index is 5.59. The number of rotatable bonds is 3. The molecule has 14 heavy (non-hydrogen) atoms. The molecule has 0 bridgehead atoms. The molecule has 0 saturated carbocycles. The number of nitrogens with two attached hydrogens (primary N) is 1. The maximum Gasteiger partial charge on any atom is 0.0951 e. The van der Waals surface area contributed by atoms with Crippen molar-refractivity contribution in [1.29, 1.82) is 0 Å². The summed E-state index contributed by atoms with van der Waals surface area (Å²) >= 11 is 0. The van der Waals surface area contributed by atoms with E-state index in [4.69, 9.17) is 5.73 Å². The molecular formula is C11H15N3. The van der Waals surface area contributed by atoms with Gasteiger partial charge in [-0.2, -0.15) is 0 Å². The number of aromatic nitrogens is 2. The molecule has 1 aromatic heterocycles. The Balaban J connectivity index is 0.00000112. The van der Waals surface area contributed by atoms with Crippen LogP contribution < -0.4 is 5.73 Å². The lowest BCUT2D eigenvalue weighted by Crippen LogP contribution is -2.07. The Morgan fingerprint density at radius 2 is 2.07 bits per heavy atom. The largest absolute Gasteiger partial charge is 0.329 e. The Morgan fingerprint density at radius 1 is 1.29 bits per heavy atom. The van der Waals surface area contributed by atoms with Gasteiger partial charge in [-0.05, 0) is 5.56 Å². The minimum Gasteiger partial charge on any atom is -0.329 e. The highest BCUT2D eigenvalue weighted by atomic mass is 15.0. The number of nitrogens with zero attached hydrogens (tertiary/aromatic N) is 2. The quantitative estimate of drug-likeness (QED) is 0.797. The fourth-order valence-electron chi connectivity index (χ4n) is 1.44. The van der Waals surface area contributed by atoms with Crippen molar-refractivity contribution in [3.8, 4) is 0 Å². The Morgan fingerprint density at radius 3 is 2.79 bits per heavy atom. The second-order valence-corrected chi connectivity index (χ2v) is 3.20. The molecule has 2 rings (SSSR count). The van der Waals surface area contributed by atoms with Crippen molar-refractivity contribution in [2.75, 3.05) is 0 Å². The first kappa shape index (κ1) is 8.97. The van der Waals surface area contributed by atoms with Crippen LogP contribution >= 0.6 is 0 Å². The van der Waals surface area contributed by atoms with Crippen molar-refractivity contribution in [2.45, 2.75) is 13.1 Å². The number of hydrogen-bond acceptors (Lipinski definition) is 2. The first-order valence-electron chi connectivity index (χ1n) is 4.63. The summed E-state index contributed by atoms with van der Waals surface area (Å²) in [7, 11) is 0. The van der Waals surface area contributed by atoms with E-state index in [0.717, 1.165) is 12.2 Å². The highest BCUT2D eigenvalue weighted by Crippen LogP contribution is 2.05. The molecule has 74 valence electrons. The molecule has 0 unspecified atom stereocenters. The van der Waals surface area contributed by atoms with E-state index in [1.807, 2.05) is 30.7 Å². The minimum absolute atomic E-state index is 0. The minimum atomic E-state index is 0. The zero-order valence-corrected chi connectivity index (χ0v) is 7.93. The average molecular weight is 189 g/mol. The van der Waals surface area contributed by atoms with E-state index < -0.39 is 0 Å². The highest BCUT2D eigenvalue weighted by Gasteiger charge is 1.99. The SMILES string of the molecule is NCc1cncn1Cc1ccccc1.[HH].